The van der Waals surface area contributed by atoms with Gasteiger partial charge in [-0.1, -0.05) is 30.3 Å². The zero-order chi connectivity index (χ0) is 23.6. The Bertz CT molecular complexity index is 1050. The molecule has 7 heteroatoms. The van der Waals surface area contributed by atoms with Crippen molar-refractivity contribution in [2.75, 3.05) is 51.9 Å². The van der Waals surface area contributed by atoms with E-state index in [2.05, 4.69) is 10.2 Å². The average Bonchev–Trinajstić information content (AvgIpc) is 2.89. The number of ether oxygens (including phenoxy) is 4. The fourth-order valence-electron chi connectivity index (χ4n) is 3.62. The van der Waals surface area contributed by atoms with Crippen LogP contribution in [0.3, 0.4) is 0 Å². The van der Waals surface area contributed by atoms with Crippen molar-refractivity contribution < 1.29 is 23.7 Å². The number of carbonyl (C=O) groups is 1. The maximum Gasteiger partial charge on any atom is 0.255 e. The molecule has 1 aliphatic heterocycles. The van der Waals surface area contributed by atoms with Crippen LogP contribution in [0.4, 0.5) is 5.69 Å². The number of carbonyl (C=O) groups excluding carboxylic acids is 1. The Morgan fingerprint density at radius 1 is 0.941 bits per heavy atom. The Kier molecular flexibility index (Phi) is 8.38. The number of hydrogen-bond donors (Lipinski definition) is 1. The van der Waals surface area contributed by atoms with Gasteiger partial charge in [-0.05, 0) is 48.0 Å². The molecule has 0 unspecified atom stereocenters. The third-order valence-electron chi connectivity index (χ3n) is 5.56. The molecule has 1 heterocycles. The quantitative estimate of drug-likeness (QED) is 0.486. The predicted molar refractivity (Wildman–Crippen MR) is 131 cm³/mol. The van der Waals surface area contributed by atoms with Gasteiger partial charge >= 0.3 is 0 Å². The Labute approximate surface area is 200 Å². The van der Waals surface area contributed by atoms with E-state index >= 15 is 0 Å². The first-order valence-electron chi connectivity index (χ1n) is 11.4. The van der Waals surface area contributed by atoms with Gasteiger partial charge in [0.15, 0.2) is 11.5 Å². The first-order valence-corrected chi connectivity index (χ1v) is 11.4. The first-order chi connectivity index (χ1) is 16.7. The van der Waals surface area contributed by atoms with Gasteiger partial charge in [-0.3, -0.25) is 9.69 Å². The topological polar surface area (TPSA) is 69.3 Å². The van der Waals surface area contributed by atoms with Crippen molar-refractivity contribution in [3.63, 3.8) is 0 Å². The van der Waals surface area contributed by atoms with Crippen LogP contribution in [0.15, 0.2) is 72.8 Å². The summed E-state index contributed by atoms with van der Waals surface area (Å²) >= 11 is 0. The van der Waals surface area contributed by atoms with Crippen LogP contribution in [0.1, 0.15) is 15.9 Å². The summed E-state index contributed by atoms with van der Waals surface area (Å²) in [6.07, 6.45) is 0. The molecule has 3 aromatic rings. The van der Waals surface area contributed by atoms with Crippen LogP contribution in [0.5, 0.6) is 17.2 Å². The van der Waals surface area contributed by atoms with Crippen LogP contribution in [0.2, 0.25) is 0 Å². The summed E-state index contributed by atoms with van der Waals surface area (Å²) in [6, 6.07) is 22.5. The monoisotopic (exact) mass is 462 g/mol. The normalized spacial score (nSPS) is 13.8. The molecule has 7 nitrogen and oxygen atoms in total. The van der Waals surface area contributed by atoms with Crippen LogP contribution in [-0.2, 0) is 11.3 Å². The summed E-state index contributed by atoms with van der Waals surface area (Å²) in [7, 11) is 1.57. The summed E-state index contributed by atoms with van der Waals surface area (Å²) in [4.78, 5) is 15.1. The summed E-state index contributed by atoms with van der Waals surface area (Å²) in [6.45, 7) is 5.21. The molecule has 0 atom stereocenters. The molecular weight excluding hydrogens is 432 g/mol. The molecule has 0 bridgehead atoms. The van der Waals surface area contributed by atoms with E-state index in [4.69, 9.17) is 18.9 Å². The van der Waals surface area contributed by atoms with E-state index in [1.165, 1.54) is 0 Å². The van der Waals surface area contributed by atoms with Gasteiger partial charge in [0, 0.05) is 30.9 Å². The molecule has 1 amide bonds. The van der Waals surface area contributed by atoms with Gasteiger partial charge in [-0.25, -0.2) is 0 Å². The molecule has 0 saturated carbocycles. The minimum atomic E-state index is -0.226. The van der Waals surface area contributed by atoms with E-state index in [-0.39, 0.29) is 5.91 Å². The Morgan fingerprint density at radius 2 is 1.71 bits per heavy atom. The highest BCUT2D eigenvalue weighted by atomic mass is 16.5. The van der Waals surface area contributed by atoms with Gasteiger partial charge in [-0.2, -0.15) is 0 Å². The molecule has 4 rings (SSSR count). The van der Waals surface area contributed by atoms with E-state index in [1.54, 1.807) is 25.3 Å². The van der Waals surface area contributed by atoms with E-state index < -0.39 is 0 Å². The molecule has 1 N–H and O–H groups in total. The fourth-order valence-corrected chi connectivity index (χ4v) is 3.62. The van der Waals surface area contributed by atoms with E-state index in [0.717, 1.165) is 44.2 Å². The molecule has 0 radical (unpaired) electrons. The molecule has 0 aromatic heterocycles. The highest BCUT2D eigenvalue weighted by Gasteiger charge is 2.14. The van der Waals surface area contributed by atoms with Crippen LogP contribution in [0.25, 0.3) is 0 Å². The largest absolute Gasteiger partial charge is 0.493 e. The van der Waals surface area contributed by atoms with Gasteiger partial charge in [0.05, 0.1) is 20.3 Å². The predicted octanol–water partition coefficient (Wildman–Crippen LogP) is 4.24. The molecule has 1 fully saturated rings. The van der Waals surface area contributed by atoms with Gasteiger partial charge in [-0.15, -0.1) is 0 Å². The van der Waals surface area contributed by atoms with Crippen molar-refractivity contribution in [2.45, 2.75) is 6.61 Å². The Balaban J connectivity index is 1.29. The lowest BCUT2D eigenvalue weighted by Crippen LogP contribution is -2.38. The van der Waals surface area contributed by atoms with Crippen molar-refractivity contribution in [1.82, 2.24) is 4.90 Å². The number of methoxy groups -OCH3 is 1. The fraction of sp³-hybridized carbons (Fsp3) is 0.296. The number of hydrogen-bond acceptors (Lipinski definition) is 6. The molecule has 0 spiro atoms. The van der Waals surface area contributed by atoms with E-state index in [1.807, 2.05) is 54.6 Å². The number of benzene rings is 3. The molecule has 3 aromatic carbocycles. The Hall–Kier alpha value is -3.55. The second kappa shape index (κ2) is 12.1. The molecule has 1 saturated heterocycles. The number of amides is 1. The smallest absolute Gasteiger partial charge is 0.255 e. The lowest BCUT2D eigenvalue weighted by molar-refractivity contribution is 0.0321. The van der Waals surface area contributed by atoms with Crippen LogP contribution in [0, 0.1) is 0 Å². The molecular formula is C27H30N2O5. The minimum absolute atomic E-state index is 0.226. The van der Waals surface area contributed by atoms with Crippen molar-refractivity contribution >= 4 is 11.6 Å². The molecule has 34 heavy (non-hydrogen) atoms. The van der Waals surface area contributed by atoms with E-state index in [9.17, 15) is 4.79 Å². The van der Waals surface area contributed by atoms with E-state index in [0.29, 0.717) is 36.0 Å². The number of rotatable bonds is 10. The second-order valence-corrected chi connectivity index (χ2v) is 7.92. The third kappa shape index (κ3) is 6.73. The zero-order valence-electron chi connectivity index (χ0n) is 19.4. The maximum absolute atomic E-state index is 12.8. The summed E-state index contributed by atoms with van der Waals surface area (Å²) in [5, 5.41) is 2.91. The molecule has 1 aliphatic rings. The lowest BCUT2D eigenvalue weighted by Gasteiger charge is -2.26. The molecule has 0 aliphatic carbocycles. The highest BCUT2D eigenvalue weighted by Crippen LogP contribution is 2.28. The van der Waals surface area contributed by atoms with Crippen molar-refractivity contribution in [3.05, 3.63) is 83.9 Å². The van der Waals surface area contributed by atoms with Gasteiger partial charge in [0.25, 0.3) is 5.91 Å². The summed E-state index contributed by atoms with van der Waals surface area (Å²) in [5.74, 6) is 1.66. The number of anilines is 1. The summed E-state index contributed by atoms with van der Waals surface area (Å²) < 4.78 is 22.5. The molecule has 178 valence electrons. The zero-order valence-corrected chi connectivity index (χ0v) is 19.4. The van der Waals surface area contributed by atoms with Gasteiger partial charge in [0.2, 0.25) is 0 Å². The number of morpholine rings is 1. The SMILES string of the molecule is COc1cc(C(=O)Nc2ccc(OCc3ccccc3)cc2)ccc1OCCN1CCOCC1. The first kappa shape index (κ1) is 23.6. The Morgan fingerprint density at radius 3 is 2.44 bits per heavy atom. The van der Waals surface area contributed by atoms with Crippen LogP contribution < -0.4 is 19.5 Å². The third-order valence-corrected chi connectivity index (χ3v) is 5.56. The van der Waals surface area contributed by atoms with Crippen LogP contribution in [-0.4, -0.2) is 57.4 Å². The maximum atomic E-state index is 12.8. The van der Waals surface area contributed by atoms with Crippen molar-refractivity contribution in [1.29, 1.82) is 0 Å². The van der Waals surface area contributed by atoms with Gasteiger partial charge < -0.3 is 24.3 Å². The minimum Gasteiger partial charge on any atom is -0.493 e. The standard InChI is InChI=1S/C27H30N2O5/c1-31-26-19-22(7-12-25(26)33-18-15-29-13-16-32-17-14-29)27(30)28-23-8-10-24(11-9-23)34-20-21-5-3-2-4-6-21/h2-12,19H,13-18,20H2,1H3,(H,28,30). The number of nitrogens with zero attached hydrogens (tertiary/aromatic N) is 1. The second-order valence-electron chi connectivity index (χ2n) is 7.92. The van der Waals surface area contributed by atoms with Gasteiger partial charge in [0.1, 0.15) is 19.0 Å². The highest BCUT2D eigenvalue weighted by molar-refractivity contribution is 6.04. The lowest BCUT2D eigenvalue weighted by atomic mass is 10.1. The van der Waals surface area contributed by atoms with Crippen LogP contribution >= 0.6 is 0 Å². The van der Waals surface area contributed by atoms with Crippen molar-refractivity contribution in [3.8, 4) is 17.2 Å². The summed E-state index contributed by atoms with van der Waals surface area (Å²) in [5.41, 5.74) is 2.27. The number of nitrogens with one attached hydrogen (secondary N) is 1. The van der Waals surface area contributed by atoms with Crippen molar-refractivity contribution in [2.24, 2.45) is 0 Å². The average molecular weight is 463 g/mol.